The number of ketones is 1. The lowest BCUT2D eigenvalue weighted by Gasteiger charge is -2.15. The van der Waals surface area contributed by atoms with E-state index >= 15 is 0 Å². The van der Waals surface area contributed by atoms with Crippen LogP contribution in [0.15, 0.2) is 79.1 Å². The van der Waals surface area contributed by atoms with Crippen LogP contribution in [0.25, 0.3) is 11.3 Å². The number of nitrogens with zero attached hydrogens (tertiary/aromatic N) is 2. The summed E-state index contributed by atoms with van der Waals surface area (Å²) in [5.41, 5.74) is -2.15. The minimum atomic E-state index is -4.98. The van der Waals surface area contributed by atoms with Gasteiger partial charge in [-0.15, -0.1) is 0 Å². The molecule has 1 heterocycles. The zero-order chi connectivity index (χ0) is 26.8. The van der Waals surface area contributed by atoms with E-state index in [9.17, 15) is 31.1 Å². The second kappa shape index (κ2) is 10.1. The Balaban J connectivity index is 1.79. The third-order valence-corrected chi connectivity index (χ3v) is 5.61. The van der Waals surface area contributed by atoms with Crippen molar-refractivity contribution < 1.29 is 31.1 Å². The van der Waals surface area contributed by atoms with E-state index in [2.05, 4.69) is 16.8 Å². The number of halogens is 7. The largest absolute Gasteiger partial charge is 0.416 e. The van der Waals surface area contributed by atoms with Gasteiger partial charge in [0.1, 0.15) is 5.69 Å². The van der Waals surface area contributed by atoms with Crippen LogP contribution in [0.4, 0.5) is 26.3 Å². The molecule has 0 fully saturated rings. The van der Waals surface area contributed by atoms with Crippen LogP contribution in [0.5, 0.6) is 0 Å². The molecule has 1 aromatic heterocycles. The van der Waals surface area contributed by atoms with Crippen molar-refractivity contribution in [3.05, 3.63) is 112 Å². The highest BCUT2D eigenvalue weighted by atomic mass is 35.5. The molecule has 0 aliphatic carbocycles. The molecule has 0 spiro atoms. The normalized spacial score (nSPS) is 11.6. The molecule has 0 N–H and O–H groups in total. The van der Waals surface area contributed by atoms with Gasteiger partial charge in [0.2, 0.25) is 0 Å². The van der Waals surface area contributed by atoms with Crippen LogP contribution in [0.2, 0.25) is 5.02 Å². The summed E-state index contributed by atoms with van der Waals surface area (Å²) in [6, 6.07) is 16.3. The monoisotopic (exact) mass is 532 g/mol. The Morgan fingerprint density at radius 1 is 0.865 bits per heavy atom. The second-order valence-corrected chi connectivity index (χ2v) is 8.32. The quantitative estimate of drug-likeness (QED) is 0.155. The van der Waals surface area contributed by atoms with Crippen molar-refractivity contribution in [3.8, 4) is 23.1 Å². The number of Topliss-reactive ketones (excluding diaryl/α,β-unsaturated/α-hetero) is 1. The van der Waals surface area contributed by atoms with E-state index in [4.69, 9.17) is 11.6 Å². The fourth-order valence-electron chi connectivity index (χ4n) is 3.62. The zero-order valence-electron chi connectivity index (χ0n) is 18.7. The molecule has 4 aromatic rings. The van der Waals surface area contributed by atoms with Gasteiger partial charge in [0.25, 0.3) is 5.78 Å². The van der Waals surface area contributed by atoms with Gasteiger partial charge in [0.05, 0.1) is 28.2 Å². The van der Waals surface area contributed by atoms with Crippen molar-refractivity contribution in [1.82, 2.24) is 9.55 Å². The van der Waals surface area contributed by atoms with Gasteiger partial charge >= 0.3 is 12.4 Å². The Kier molecular flexibility index (Phi) is 7.14. The molecule has 0 atom stereocenters. The van der Waals surface area contributed by atoms with Crippen molar-refractivity contribution in [1.29, 1.82) is 0 Å². The number of alkyl halides is 6. The number of aromatic nitrogens is 2. The lowest BCUT2D eigenvalue weighted by molar-refractivity contribution is -0.143. The highest BCUT2D eigenvalue weighted by Gasteiger charge is 2.37. The van der Waals surface area contributed by atoms with Gasteiger partial charge in [-0.05, 0) is 41.8 Å². The molecule has 0 saturated heterocycles. The highest BCUT2D eigenvalue weighted by Crippen LogP contribution is 2.37. The minimum Gasteiger partial charge on any atom is -0.325 e. The van der Waals surface area contributed by atoms with Gasteiger partial charge in [-0.3, -0.25) is 4.79 Å². The second-order valence-electron chi connectivity index (χ2n) is 7.91. The van der Waals surface area contributed by atoms with Crippen LogP contribution in [-0.4, -0.2) is 15.3 Å². The summed E-state index contributed by atoms with van der Waals surface area (Å²) in [5, 5.41) is 0.335. The Bertz CT molecular complexity index is 1480. The molecule has 3 nitrogen and oxygen atoms in total. The Morgan fingerprint density at radius 2 is 1.46 bits per heavy atom. The predicted octanol–water partition coefficient (Wildman–Crippen LogP) is 7.52. The first-order valence-corrected chi connectivity index (χ1v) is 11.0. The molecular weight excluding hydrogens is 518 g/mol. The van der Waals surface area contributed by atoms with Crippen LogP contribution < -0.4 is 0 Å². The van der Waals surface area contributed by atoms with E-state index in [1.807, 2.05) is 0 Å². The molecule has 3 aromatic carbocycles. The molecule has 0 unspecified atom stereocenters. The van der Waals surface area contributed by atoms with Crippen LogP contribution in [0, 0.1) is 11.8 Å². The van der Waals surface area contributed by atoms with Crippen molar-refractivity contribution >= 4 is 17.4 Å². The first kappa shape index (κ1) is 26.0. The first-order chi connectivity index (χ1) is 17.4. The molecule has 0 aliphatic heterocycles. The minimum absolute atomic E-state index is 0.0643. The third-order valence-electron chi connectivity index (χ3n) is 5.28. The molecule has 4 rings (SSSR count). The highest BCUT2D eigenvalue weighted by molar-refractivity contribution is 6.31. The van der Waals surface area contributed by atoms with Crippen molar-refractivity contribution in [2.24, 2.45) is 0 Å². The number of carbonyl (C=O) groups excluding carboxylic acids is 1. The maximum Gasteiger partial charge on any atom is 0.416 e. The van der Waals surface area contributed by atoms with Gasteiger partial charge in [-0.2, -0.15) is 26.3 Å². The smallest absolute Gasteiger partial charge is 0.325 e. The summed E-state index contributed by atoms with van der Waals surface area (Å²) in [6.07, 6.45) is -8.79. The molecule has 188 valence electrons. The molecule has 0 bridgehead atoms. The number of carbonyl (C=O) groups is 1. The van der Waals surface area contributed by atoms with Crippen molar-refractivity contribution in [3.63, 3.8) is 0 Å². The first-order valence-electron chi connectivity index (χ1n) is 10.6. The summed E-state index contributed by atoms with van der Waals surface area (Å²) in [7, 11) is 0. The number of benzene rings is 3. The molecule has 0 saturated carbocycles. The van der Waals surface area contributed by atoms with Crippen LogP contribution in [0.1, 0.15) is 32.7 Å². The van der Waals surface area contributed by atoms with Crippen molar-refractivity contribution in [2.45, 2.75) is 18.9 Å². The van der Waals surface area contributed by atoms with Crippen molar-refractivity contribution in [2.75, 3.05) is 0 Å². The maximum atomic E-state index is 13.3. The number of rotatable bonds is 4. The van der Waals surface area contributed by atoms with E-state index in [1.54, 1.807) is 54.6 Å². The summed E-state index contributed by atoms with van der Waals surface area (Å²) >= 11 is 6.07. The predicted molar refractivity (Wildman–Crippen MR) is 126 cm³/mol. The summed E-state index contributed by atoms with van der Waals surface area (Å²) in [5.74, 6) is 4.42. The van der Waals surface area contributed by atoms with Crippen LogP contribution >= 0.6 is 11.6 Å². The average molecular weight is 533 g/mol. The van der Waals surface area contributed by atoms with E-state index in [-0.39, 0.29) is 23.0 Å². The van der Waals surface area contributed by atoms with Gasteiger partial charge < -0.3 is 4.57 Å². The van der Waals surface area contributed by atoms with Gasteiger partial charge in [-0.1, -0.05) is 60.0 Å². The van der Waals surface area contributed by atoms with Gasteiger partial charge in [-0.25, -0.2) is 4.98 Å². The summed E-state index contributed by atoms with van der Waals surface area (Å²) < 4.78 is 81.3. The topological polar surface area (TPSA) is 34.9 Å². The van der Waals surface area contributed by atoms with E-state index in [0.29, 0.717) is 28.3 Å². The fourth-order valence-corrected chi connectivity index (χ4v) is 3.80. The Labute approximate surface area is 212 Å². The van der Waals surface area contributed by atoms with Gasteiger partial charge in [0.15, 0.2) is 0 Å². The molecule has 0 aliphatic rings. The third kappa shape index (κ3) is 6.04. The number of hydrogen-bond acceptors (Lipinski definition) is 2. The standard InChI is InChI=1S/C27H15ClF6N2O/c28-22-9-5-4-6-18(22)10-11-23(37)24-25(19-7-2-1-3-8-19)36(16-35-24)15-17-12-20(26(29,30)31)14-21(13-17)27(32,33)34/h1-9,12-14,16H,15H2. The summed E-state index contributed by atoms with van der Waals surface area (Å²) in [4.78, 5) is 17.1. The molecule has 0 radical (unpaired) electrons. The van der Waals surface area contributed by atoms with Gasteiger partial charge in [0, 0.05) is 17.7 Å². The lowest BCUT2D eigenvalue weighted by atomic mass is 10.0. The SMILES string of the molecule is O=C(C#Cc1ccccc1Cl)c1ncn(Cc2cc(C(F)(F)F)cc(C(F)(F)F)c2)c1-c1ccccc1. The lowest BCUT2D eigenvalue weighted by Crippen LogP contribution is -2.13. The van der Waals surface area contributed by atoms with E-state index < -0.39 is 35.8 Å². The van der Waals surface area contributed by atoms with Crippen LogP contribution in [-0.2, 0) is 18.9 Å². The molecule has 10 heteroatoms. The van der Waals surface area contributed by atoms with E-state index in [1.165, 1.54) is 10.9 Å². The summed E-state index contributed by atoms with van der Waals surface area (Å²) in [6.45, 7) is -0.407. The Hall–Kier alpha value is -4.03. The Morgan fingerprint density at radius 3 is 2.05 bits per heavy atom. The zero-order valence-corrected chi connectivity index (χ0v) is 19.4. The van der Waals surface area contributed by atoms with Crippen LogP contribution in [0.3, 0.4) is 0 Å². The molecule has 0 amide bonds. The average Bonchev–Trinajstić information content (AvgIpc) is 3.26. The molecule has 37 heavy (non-hydrogen) atoms. The maximum absolute atomic E-state index is 13.3. The van der Waals surface area contributed by atoms with E-state index in [0.717, 1.165) is 0 Å². The number of hydrogen-bond donors (Lipinski definition) is 0. The number of imidazole rings is 1. The molecular formula is C27H15ClF6N2O. The fraction of sp³-hybridized carbons (Fsp3) is 0.111.